The van der Waals surface area contributed by atoms with E-state index in [-0.39, 0.29) is 0 Å². The maximum atomic E-state index is 4.63. The second-order valence-corrected chi connectivity index (χ2v) is 5.70. The van der Waals surface area contributed by atoms with Crippen LogP contribution in [0, 0.1) is 0 Å². The number of allylic oxidation sites excluding steroid dienone is 4. The fourth-order valence-electron chi connectivity index (χ4n) is 2.05. The van der Waals surface area contributed by atoms with E-state index in [9.17, 15) is 0 Å². The highest BCUT2D eigenvalue weighted by atomic mass is 14.8. The van der Waals surface area contributed by atoms with Crippen LogP contribution >= 0.6 is 0 Å². The van der Waals surface area contributed by atoms with Crippen molar-refractivity contribution in [1.29, 1.82) is 0 Å². The summed E-state index contributed by atoms with van der Waals surface area (Å²) in [5, 5.41) is 0. The molecule has 1 N–H and O–H groups in total. The first kappa shape index (κ1) is 14.4. The predicted octanol–water partition coefficient (Wildman–Crippen LogP) is 2.94. The quantitative estimate of drug-likeness (QED) is 0.815. The largest absolute Gasteiger partial charge is 0.249 e. The number of benzene rings is 1. The third-order valence-corrected chi connectivity index (χ3v) is 3.14. The van der Waals surface area contributed by atoms with E-state index in [1.54, 1.807) is 0 Å². The van der Waals surface area contributed by atoms with E-state index in [0.717, 1.165) is 17.1 Å². The van der Waals surface area contributed by atoms with Crippen LogP contribution in [0.25, 0.3) is 0 Å². The maximum absolute atomic E-state index is 4.63. The molecular formula is C18H23N2+. The zero-order valence-corrected chi connectivity index (χ0v) is 12.7. The van der Waals surface area contributed by atoms with Gasteiger partial charge in [0.25, 0.3) is 0 Å². The Bertz CT molecular complexity index is 552. The molecule has 0 aromatic heterocycles. The summed E-state index contributed by atoms with van der Waals surface area (Å²) in [6.45, 7) is 8.67. The Kier molecular flexibility index (Phi) is 4.67. The summed E-state index contributed by atoms with van der Waals surface area (Å²) >= 11 is 0. The molecule has 104 valence electrons. The van der Waals surface area contributed by atoms with E-state index in [2.05, 4.69) is 74.1 Å². The number of nitrogens with zero attached hydrogens (tertiary/aromatic N) is 1. The van der Waals surface area contributed by atoms with Crippen LogP contribution < -0.4 is 4.99 Å². The molecule has 0 fully saturated rings. The van der Waals surface area contributed by atoms with Gasteiger partial charge in [-0.1, -0.05) is 26.0 Å². The summed E-state index contributed by atoms with van der Waals surface area (Å²) in [6.07, 6.45) is 8.23. The summed E-state index contributed by atoms with van der Waals surface area (Å²) in [6, 6.07) is 8.91. The van der Waals surface area contributed by atoms with Gasteiger partial charge >= 0.3 is 0 Å². The zero-order valence-electron chi connectivity index (χ0n) is 12.7. The normalized spacial score (nSPS) is 14.3. The fourth-order valence-corrected chi connectivity index (χ4v) is 2.05. The Labute approximate surface area is 121 Å². The van der Waals surface area contributed by atoms with Gasteiger partial charge in [-0.25, -0.2) is 9.98 Å². The first-order valence-corrected chi connectivity index (χ1v) is 7.23. The molecule has 0 saturated carbocycles. The van der Waals surface area contributed by atoms with Crippen LogP contribution in [0.5, 0.6) is 0 Å². The van der Waals surface area contributed by atoms with Crippen molar-refractivity contribution in [1.82, 2.24) is 0 Å². The van der Waals surface area contributed by atoms with Gasteiger partial charge in [0.1, 0.15) is 6.04 Å². The highest BCUT2D eigenvalue weighted by Gasteiger charge is 2.05. The molecular weight excluding hydrogens is 244 g/mol. The van der Waals surface area contributed by atoms with E-state index >= 15 is 0 Å². The first-order valence-electron chi connectivity index (χ1n) is 7.23. The summed E-state index contributed by atoms with van der Waals surface area (Å²) in [5.74, 6) is 0.561. The molecule has 0 saturated heterocycles. The van der Waals surface area contributed by atoms with E-state index in [4.69, 9.17) is 0 Å². The molecule has 0 unspecified atom stereocenters. The molecule has 0 heterocycles. The van der Waals surface area contributed by atoms with Crippen LogP contribution in [0.2, 0.25) is 0 Å². The molecule has 20 heavy (non-hydrogen) atoms. The van der Waals surface area contributed by atoms with Crippen molar-refractivity contribution in [2.45, 2.75) is 39.7 Å². The lowest BCUT2D eigenvalue weighted by molar-refractivity contribution is -0.491. The van der Waals surface area contributed by atoms with Crippen molar-refractivity contribution in [3.05, 3.63) is 54.1 Å². The molecule has 0 aliphatic heterocycles. The van der Waals surface area contributed by atoms with Gasteiger partial charge in [0.2, 0.25) is 0 Å². The summed E-state index contributed by atoms with van der Waals surface area (Å²) < 4.78 is 0. The van der Waals surface area contributed by atoms with Gasteiger partial charge in [0.15, 0.2) is 5.71 Å². The lowest BCUT2D eigenvalue weighted by atomic mass is 10.0. The molecule has 0 amide bonds. The first-order chi connectivity index (χ1) is 9.54. The summed E-state index contributed by atoms with van der Waals surface area (Å²) in [5.41, 5.74) is 4.46. The molecule has 1 aliphatic rings. The zero-order chi connectivity index (χ0) is 14.5. The summed E-state index contributed by atoms with van der Waals surface area (Å²) in [4.78, 5) is 8.01. The van der Waals surface area contributed by atoms with Gasteiger partial charge in [-0.2, -0.15) is 0 Å². The second-order valence-electron chi connectivity index (χ2n) is 5.70. The Morgan fingerprint density at radius 3 is 1.95 bits per heavy atom. The minimum atomic E-state index is 0.446. The smallest absolute Gasteiger partial charge is 0.198 e. The minimum absolute atomic E-state index is 0.446. The number of hydrogen-bond acceptors (Lipinski definition) is 1. The monoisotopic (exact) mass is 267 g/mol. The molecule has 1 aromatic carbocycles. The molecule has 1 aromatic rings. The molecule has 2 nitrogen and oxygen atoms in total. The van der Waals surface area contributed by atoms with Crippen LogP contribution in [-0.4, -0.2) is 17.5 Å². The van der Waals surface area contributed by atoms with Crippen molar-refractivity contribution in [2.24, 2.45) is 4.99 Å². The third-order valence-electron chi connectivity index (χ3n) is 3.14. The number of rotatable bonds is 3. The molecule has 0 atom stereocenters. The highest BCUT2D eigenvalue weighted by Crippen LogP contribution is 2.19. The van der Waals surface area contributed by atoms with Crippen LogP contribution in [0.1, 0.15) is 39.2 Å². The topological polar surface area (TPSA) is 26.3 Å². The maximum Gasteiger partial charge on any atom is 0.198 e. The lowest BCUT2D eigenvalue weighted by Gasteiger charge is -2.05. The Morgan fingerprint density at radius 1 is 0.850 bits per heavy atom. The number of nitrogens with one attached hydrogen (secondary N) is 1. The van der Waals surface area contributed by atoms with Crippen molar-refractivity contribution >= 4 is 17.1 Å². The average molecular weight is 267 g/mol. The van der Waals surface area contributed by atoms with Crippen LogP contribution in [0.4, 0.5) is 5.69 Å². The van der Waals surface area contributed by atoms with Crippen molar-refractivity contribution in [3.8, 4) is 0 Å². The van der Waals surface area contributed by atoms with Crippen LogP contribution in [-0.2, 0) is 0 Å². The van der Waals surface area contributed by atoms with Crippen molar-refractivity contribution in [3.63, 3.8) is 0 Å². The molecule has 0 spiro atoms. The Hall–Kier alpha value is -1.96. The summed E-state index contributed by atoms with van der Waals surface area (Å²) in [7, 11) is 0. The van der Waals surface area contributed by atoms with E-state index in [1.807, 2.05) is 12.2 Å². The Balaban J connectivity index is 2.12. The standard InChI is InChI=1S/C18H22N2/c1-13(2)15-5-7-17(8-6-15)20-18-11-9-16(10-12-18)19-14(3)4/h5-14H,1-4H3/p+1. The van der Waals surface area contributed by atoms with Gasteiger partial charge in [0.05, 0.1) is 11.4 Å². The van der Waals surface area contributed by atoms with Gasteiger partial charge in [-0.05, 0) is 49.6 Å². The third kappa shape index (κ3) is 4.02. The molecule has 2 rings (SSSR count). The number of aliphatic imine (C=N–C) groups is 1. The van der Waals surface area contributed by atoms with Crippen LogP contribution in [0.3, 0.4) is 0 Å². The Morgan fingerprint density at radius 2 is 1.45 bits per heavy atom. The van der Waals surface area contributed by atoms with Crippen molar-refractivity contribution in [2.75, 3.05) is 0 Å². The van der Waals surface area contributed by atoms with E-state index in [1.165, 1.54) is 5.56 Å². The minimum Gasteiger partial charge on any atom is -0.249 e. The molecule has 2 heteroatoms. The molecule has 1 aliphatic carbocycles. The van der Waals surface area contributed by atoms with Gasteiger partial charge in [-0.15, -0.1) is 0 Å². The predicted molar refractivity (Wildman–Crippen MR) is 87.0 cm³/mol. The fraction of sp³-hybridized carbons (Fsp3) is 0.333. The SMILES string of the molecule is CC(C)[NH+]=C1C=CC(=Nc2ccc(C(C)C)cc2)C=C1. The average Bonchev–Trinajstić information content (AvgIpc) is 2.41. The van der Waals surface area contributed by atoms with Gasteiger partial charge in [-0.3, -0.25) is 0 Å². The van der Waals surface area contributed by atoms with Gasteiger partial charge in [0, 0.05) is 12.2 Å². The van der Waals surface area contributed by atoms with Crippen LogP contribution in [0.15, 0.2) is 53.6 Å². The van der Waals surface area contributed by atoms with E-state index in [0.29, 0.717) is 12.0 Å². The van der Waals surface area contributed by atoms with E-state index < -0.39 is 0 Å². The number of hydrogen-bond donors (Lipinski definition) is 1. The lowest BCUT2D eigenvalue weighted by Crippen LogP contribution is -2.77. The molecule has 0 radical (unpaired) electrons. The highest BCUT2D eigenvalue weighted by molar-refractivity contribution is 6.17. The second kappa shape index (κ2) is 6.47. The van der Waals surface area contributed by atoms with Gasteiger partial charge < -0.3 is 0 Å². The van der Waals surface area contributed by atoms with Crippen molar-refractivity contribution < 1.29 is 4.99 Å². The molecule has 0 bridgehead atoms.